The molecular weight excluding hydrogens is 323 g/mol. The second-order valence-electron chi connectivity index (χ2n) is 4.96. The van der Waals surface area contributed by atoms with Crippen LogP contribution >= 0.6 is 15.9 Å². The van der Waals surface area contributed by atoms with Crippen LogP contribution in [0, 0.1) is 11.2 Å². The predicted molar refractivity (Wildman–Crippen MR) is 86.2 cm³/mol. The molecule has 112 valence electrons. The Balaban J connectivity index is 3.07. The van der Waals surface area contributed by atoms with E-state index >= 15 is 0 Å². The Morgan fingerprint density at radius 2 is 1.95 bits per heavy atom. The maximum Gasteiger partial charge on any atom is 0.161 e. The van der Waals surface area contributed by atoms with Crippen LogP contribution in [0.25, 0.3) is 0 Å². The largest absolute Gasteiger partial charge is 0.384 e. The van der Waals surface area contributed by atoms with E-state index in [1.807, 2.05) is 19.0 Å². The molecule has 0 atom stereocenters. The van der Waals surface area contributed by atoms with E-state index in [0.717, 1.165) is 26.1 Å². The summed E-state index contributed by atoms with van der Waals surface area (Å²) in [6.45, 7) is 4.46. The highest BCUT2D eigenvalue weighted by molar-refractivity contribution is 9.10. The summed E-state index contributed by atoms with van der Waals surface area (Å²) < 4.78 is 14.7. The van der Waals surface area contributed by atoms with E-state index in [4.69, 9.17) is 11.1 Å². The Morgan fingerprint density at radius 3 is 2.45 bits per heavy atom. The summed E-state index contributed by atoms with van der Waals surface area (Å²) >= 11 is 3.20. The molecule has 0 aliphatic heterocycles. The first-order valence-corrected chi connectivity index (χ1v) is 7.39. The molecule has 0 saturated carbocycles. The van der Waals surface area contributed by atoms with Crippen LogP contribution in [-0.4, -0.2) is 44.5 Å². The second-order valence-corrected chi connectivity index (χ2v) is 5.76. The van der Waals surface area contributed by atoms with Gasteiger partial charge in [-0.15, -0.1) is 0 Å². The third kappa shape index (κ3) is 4.18. The first-order valence-electron chi connectivity index (χ1n) is 6.60. The van der Waals surface area contributed by atoms with Crippen LogP contribution in [0.5, 0.6) is 0 Å². The van der Waals surface area contributed by atoms with Gasteiger partial charge in [0.2, 0.25) is 0 Å². The van der Waals surface area contributed by atoms with Crippen molar-refractivity contribution < 1.29 is 4.39 Å². The van der Waals surface area contributed by atoms with Crippen LogP contribution in [0.2, 0.25) is 0 Å². The van der Waals surface area contributed by atoms with Gasteiger partial charge in [0.15, 0.2) is 5.82 Å². The van der Waals surface area contributed by atoms with E-state index in [-0.39, 0.29) is 16.1 Å². The van der Waals surface area contributed by atoms with Gasteiger partial charge in [0, 0.05) is 25.2 Å². The highest BCUT2D eigenvalue weighted by Gasteiger charge is 2.17. The van der Waals surface area contributed by atoms with Crippen molar-refractivity contribution in [1.82, 2.24) is 4.90 Å². The van der Waals surface area contributed by atoms with Crippen molar-refractivity contribution >= 4 is 27.5 Å². The Kier molecular flexibility index (Phi) is 6.42. The Hall–Kier alpha value is -1.14. The number of likely N-dealkylation sites (N-methyl/N-ethyl adjacent to an activating group) is 1. The summed E-state index contributed by atoms with van der Waals surface area (Å²) in [6.07, 6.45) is 0.943. The zero-order valence-electron chi connectivity index (χ0n) is 12.2. The lowest BCUT2D eigenvalue weighted by molar-refractivity contribution is 0.412. The number of nitrogens with zero attached hydrogens (tertiary/aromatic N) is 2. The molecule has 0 amide bonds. The van der Waals surface area contributed by atoms with E-state index in [2.05, 4.69) is 27.8 Å². The van der Waals surface area contributed by atoms with Crippen LogP contribution in [-0.2, 0) is 0 Å². The fraction of sp³-hybridized carbons (Fsp3) is 0.500. The van der Waals surface area contributed by atoms with Crippen molar-refractivity contribution in [1.29, 1.82) is 5.41 Å². The number of benzene rings is 1. The normalized spacial score (nSPS) is 10.9. The van der Waals surface area contributed by atoms with Crippen molar-refractivity contribution in [2.75, 3.05) is 38.6 Å². The molecule has 0 saturated heterocycles. The van der Waals surface area contributed by atoms with Crippen molar-refractivity contribution in [3.8, 4) is 0 Å². The lowest BCUT2D eigenvalue weighted by Crippen LogP contribution is -2.33. The molecule has 6 heteroatoms. The average Bonchev–Trinajstić information content (AvgIpc) is 2.37. The number of hydrogen-bond acceptors (Lipinski definition) is 3. The quantitative estimate of drug-likeness (QED) is 0.590. The number of hydrogen-bond donors (Lipinski definition) is 2. The van der Waals surface area contributed by atoms with Gasteiger partial charge < -0.3 is 15.5 Å². The maximum absolute atomic E-state index is 14.5. The molecule has 3 N–H and O–H groups in total. The van der Waals surface area contributed by atoms with E-state index in [0.29, 0.717) is 11.3 Å². The number of anilines is 1. The molecule has 4 nitrogen and oxygen atoms in total. The molecule has 0 aliphatic carbocycles. The number of rotatable bonds is 7. The SMILES string of the molecule is CCCN(CCN(C)C)c1ccc(C(=N)N)c(Br)c1F. The molecule has 0 radical (unpaired) electrons. The molecular formula is C14H22BrFN4. The molecule has 0 spiro atoms. The summed E-state index contributed by atoms with van der Waals surface area (Å²) in [5, 5.41) is 7.43. The van der Waals surface area contributed by atoms with Gasteiger partial charge in [-0.05, 0) is 48.6 Å². The third-order valence-corrected chi connectivity index (χ3v) is 3.78. The van der Waals surface area contributed by atoms with E-state index in [1.165, 1.54) is 0 Å². The van der Waals surface area contributed by atoms with Crippen molar-refractivity contribution in [3.63, 3.8) is 0 Å². The van der Waals surface area contributed by atoms with Gasteiger partial charge in [-0.25, -0.2) is 4.39 Å². The summed E-state index contributed by atoms with van der Waals surface area (Å²) in [4.78, 5) is 4.09. The zero-order valence-corrected chi connectivity index (χ0v) is 13.8. The zero-order chi connectivity index (χ0) is 15.3. The summed E-state index contributed by atoms with van der Waals surface area (Å²) in [5.41, 5.74) is 6.36. The maximum atomic E-state index is 14.5. The van der Waals surface area contributed by atoms with Crippen LogP contribution < -0.4 is 10.6 Å². The number of amidine groups is 1. The minimum absolute atomic E-state index is 0.141. The standard InChI is InChI=1S/C14H22BrFN4/c1-4-7-20(9-8-19(2)3)11-6-5-10(14(17)18)12(15)13(11)16/h5-6H,4,7-9H2,1-3H3,(H3,17,18). The molecule has 1 aromatic rings. The van der Waals surface area contributed by atoms with Gasteiger partial charge in [-0.1, -0.05) is 6.92 Å². The van der Waals surface area contributed by atoms with Gasteiger partial charge in [0.25, 0.3) is 0 Å². The fourth-order valence-corrected chi connectivity index (χ4v) is 2.48. The van der Waals surface area contributed by atoms with Crippen LogP contribution in [0.15, 0.2) is 16.6 Å². The van der Waals surface area contributed by atoms with E-state index < -0.39 is 0 Å². The van der Waals surface area contributed by atoms with Gasteiger partial charge in [0.1, 0.15) is 5.84 Å². The predicted octanol–water partition coefficient (Wildman–Crippen LogP) is 2.65. The number of nitrogen functional groups attached to an aromatic ring is 1. The molecule has 1 aromatic carbocycles. The van der Waals surface area contributed by atoms with Crippen LogP contribution in [0.4, 0.5) is 10.1 Å². The molecule has 20 heavy (non-hydrogen) atoms. The minimum Gasteiger partial charge on any atom is -0.384 e. The summed E-state index contributed by atoms with van der Waals surface area (Å²) in [6, 6.07) is 3.38. The minimum atomic E-state index is -0.357. The second kappa shape index (κ2) is 7.59. The summed E-state index contributed by atoms with van der Waals surface area (Å²) in [5.74, 6) is -0.498. The first kappa shape index (κ1) is 16.9. The third-order valence-electron chi connectivity index (χ3n) is 3.00. The number of halogens is 2. The van der Waals surface area contributed by atoms with E-state index in [1.54, 1.807) is 12.1 Å². The molecule has 0 fully saturated rings. The van der Waals surface area contributed by atoms with Gasteiger partial charge in [-0.2, -0.15) is 0 Å². The van der Waals surface area contributed by atoms with Crippen molar-refractivity contribution in [2.24, 2.45) is 5.73 Å². The monoisotopic (exact) mass is 344 g/mol. The number of nitrogens with two attached hydrogens (primary N) is 1. The molecule has 0 bridgehead atoms. The van der Waals surface area contributed by atoms with Crippen molar-refractivity contribution in [3.05, 3.63) is 28.0 Å². The molecule has 1 rings (SSSR count). The smallest absolute Gasteiger partial charge is 0.161 e. The molecule has 0 aliphatic rings. The summed E-state index contributed by atoms with van der Waals surface area (Å²) in [7, 11) is 3.99. The van der Waals surface area contributed by atoms with Crippen molar-refractivity contribution in [2.45, 2.75) is 13.3 Å². The Morgan fingerprint density at radius 1 is 1.30 bits per heavy atom. The van der Waals surface area contributed by atoms with Crippen LogP contribution in [0.1, 0.15) is 18.9 Å². The highest BCUT2D eigenvalue weighted by Crippen LogP contribution is 2.29. The first-order chi connectivity index (χ1) is 9.38. The van der Waals surface area contributed by atoms with Crippen LogP contribution in [0.3, 0.4) is 0 Å². The molecule has 0 aromatic heterocycles. The van der Waals surface area contributed by atoms with Gasteiger partial charge in [-0.3, -0.25) is 5.41 Å². The molecule has 0 unspecified atom stereocenters. The van der Waals surface area contributed by atoms with Gasteiger partial charge in [0.05, 0.1) is 10.2 Å². The molecule has 0 heterocycles. The lowest BCUT2D eigenvalue weighted by Gasteiger charge is -2.27. The Bertz CT molecular complexity index is 476. The highest BCUT2D eigenvalue weighted by atomic mass is 79.9. The van der Waals surface area contributed by atoms with Gasteiger partial charge >= 0.3 is 0 Å². The van der Waals surface area contributed by atoms with E-state index in [9.17, 15) is 4.39 Å². The topological polar surface area (TPSA) is 56.4 Å². The fourth-order valence-electron chi connectivity index (χ4n) is 1.93. The average molecular weight is 345 g/mol. The lowest BCUT2D eigenvalue weighted by atomic mass is 10.1. The number of nitrogens with one attached hydrogen (secondary N) is 1. The Labute approximate surface area is 128 Å².